The molecule has 3 rings (SSSR count). The van der Waals surface area contributed by atoms with Crippen molar-refractivity contribution >= 4 is 5.91 Å². The average Bonchev–Trinajstić information content (AvgIpc) is 3.35. The van der Waals surface area contributed by atoms with Gasteiger partial charge in [0.1, 0.15) is 11.5 Å². The predicted octanol–water partition coefficient (Wildman–Crippen LogP) is 1.60. The molecule has 0 radical (unpaired) electrons. The van der Waals surface area contributed by atoms with Gasteiger partial charge in [-0.3, -0.25) is 4.79 Å². The molecule has 2 fully saturated rings. The number of likely N-dealkylation sites (tertiary alicyclic amines) is 1. The van der Waals surface area contributed by atoms with Crippen LogP contribution in [0, 0.1) is 0 Å². The number of nitrogens with zero attached hydrogens (tertiary/aromatic N) is 2. The first kappa shape index (κ1) is 18.0. The molecular weight excluding hydrogens is 318 g/mol. The van der Waals surface area contributed by atoms with Gasteiger partial charge in [-0.25, -0.2) is 0 Å². The van der Waals surface area contributed by atoms with Gasteiger partial charge in [-0.2, -0.15) is 0 Å². The minimum atomic E-state index is 0.0603. The van der Waals surface area contributed by atoms with E-state index in [2.05, 4.69) is 10.2 Å². The largest absolute Gasteiger partial charge is 0.497 e. The molecule has 25 heavy (non-hydrogen) atoms. The van der Waals surface area contributed by atoms with E-state index in [1.54, 1.807) is 32.4 Å². The zero-order chi connectivity index (χ0) is 17.6. The normalized spacial score (nSPS) is 20.6. The third kappa shape index (κ3) is 4.44. The second kappa shape index (κ2) is 8.54. The maximum Gasteiger partial charge on any atom is 0.254 e. The molecule has 6 nitrogen and oxygen atoms in total. The third-order valence-corrected chi connectivity index (χ3v) is 5.19. The van der Waals surface area contributed by atoms with Crippen LogP contribution in [0.1, 0.15) is 29.6 Å². The number of rotatable bonds is 7. The van der Waals surface area contributed by atoms with Gasteiger partial charge < -0.3 is 24.6 Å². The van der Waals surface area contributed by atoms with E-state index in [9.17, 15) is 4.79 Å². The maximum absolute atomic E-state index is 13.2. The molecule has 2 aliphatic heterocycles. The smallest absolute Gasteiger partial charge is 0.254 e. The lowest BCUT2D eigenvalue weighted by molar-refractivity contribution is 0.0672. The standard InChI is InChI=1S/C19H29N3O3/c1-24-17-11-15(12-18(13-17)25-2)19(23)22(16-5-6-20-14-16)10-9-21-7-3-4-8-21/h11-13,16,20H,3-10,14H2,1-2H3. The van der Waals surface area contributed by atoms with Gasteiger partial charge in [0, 0.05) is 37.3 Å². The van der Waals surface area contributed by atoms with Gasteiger partial charge in [0.15, 0.2) is 0 Å². The molecule has 138 valence electrons. The van der Waals surface area contributed by atoms with E-state index in [1.807, 2.05) is 4.90 Å². The monoisotopic (exact) mass is 347 g/mol. The van der Waals surface area contributed by atoms with E-state index in [0.717, 1.165) is 45.7 Å². The Balaban J connectivity index is 1.77. The minimum Gasteiger partial charge on any atom is -0.497 e. The molecule has 2 saturated heterocycles. The lowest BCUT2D eigenvalue weighted by Gasteiger charge is -2.30. The highest BCUT2D eigenvalue weighted by atomic mass is 16.5. The van der Waals surface area contributed by atoms with Gasteiger partial charge in [0.2, 0.25) is 0 Å². The number of carbonyl (C=O) groups is 1. The van der Waals surface area contributed by atoms with Crippen molar-refractivity contribution < 1.29 is 14.3 Å². The van der Waals surface area contributed by atoms with Gasteiger partial charge in [0.25, 0.3) is 5.91 Å². The van der Waals surface area contributed by atoms with E-state index in [4.69, 9.17) is 9.47 Å². The van der Waals surface area contributed by atoms with Crippen molar-refractivity contribution in [3.8, 4) is 11.5 Å². The summed E-state index contributed by atoms with van der Waals surface area (Å²) < 4.78 is 10.6. The first-order chi connectivity index (χ1) is 12.2. The summed E-state index contributed by atoms with van der Waals surface area (Å²) in [6.45, 7) is 5.86. The number of hydrogen-bond acceptors (Lipinski definition) is 5. The van der Waals surface area contributed by atoms with Crippen LogP contribution in [-0.2, 0) is 0 Å². The fourth-order valence-electron chi connectivity index (χ4n) is 3.71. The molecule has 0 saturated carbocycles. The molecule has 6 heteroatoms. The quantitative estimate of drug-likeness (QED) is 0.812. The highest BCUT2D eigenvalue weighted by Crippen LogP contribution is 2.24. The SMILES string of the molecule is COc1cc(OC)cc(C(=O)N(CCN2CCCC2)C2CCNC2)c1. The van der Waals surface area contributed by atoms with Gasteiger partial charge in [0.05, 0.1) is 14.2 Å². The van der Waals surface area contributed by atoms with Gasteiger partial charge in [-0.1, -0.05) is 0 Å². The number of methoxy groups -OCH3 is 2. The Bertz CT molecular complexity index is 559. The van der Waals surface area contributed by atoms with Crippen LogP contribution in [-0.4, -0.2) is 75.2 Å². The number of benzene rings is 1. The topological polar surface area (TPSA) is 54.0 Å². The van der Waals surface area contributed by atoms with Crippen molar-refractivity contribution in [1.82, 2.24) is 15.1 Å². The molecule has 2 aliphatic rings. The molecule has 1 unspecified atom stereocenters. The number of nitrogens with one attached hydrogen (secondary N) is 1. The number of hydrogen-bond donors (Lipinski definition) is 1. The lowest BCUT2D eigenvalue weighted by Crippen LogP contribution is -2.45. The Hall–Kier alpha value is -1.79. The summed E-state index contributed by atoms with van der Waals surface area (Å²) in [4.78, 5) is 17.7. The van der Waals surface area contributed by atoms with E-state index in [0.29, 0.717) is 17.1 Å². The maximum atomic E-state index is 13.2. The molecule has 1 aromatic rings. The second-order valence-electron chi connectivity index (χ2n) is 6.80. The van der Waals surface area contributed by atoms with Crippen molar-refractivity contribution in [2.24, 2.45) is 0 Å². The molecule has 0 aliphatic carbocycles. The van der Waals surface area contributed by atoms with Crippen molar-refractivity contribution in [2.75, 3.05) is 53.5 Å². The van der Waals surface area contributed by atoms with Crippen LogP contribution in [0.15, 0.2) is 18.2 Å². The molecule has 1 aromatic carbocycles. The Kier molecular flexibility index (Phi) is 6.15. The van der Waals surface area contributed by atoms with Gasteiger partial charge in [-0.15, -0.1) is 0 Å². The van der Waals surface area contributed by atoms with E-state index < -0.39 is 0 Å². The summed E-state index contributed by atoms with van der Waals surface area (Å²) >= 11 is 0. The summed E-state index contributed by atoms with van der Waals surface area (Å²) in [6, 6.07) is 5.65. The van der Waals surface area contributed by atoms with Crippen LogP contribution in [0.2, 0.25) is 0 Å². The summed E-state index contributed by atoms with van der Waals surface area (Å²) in [5, 5.41) is 3.38. The van der Waals surface area contributed by atoms with Crippen molar-refractivity contribution in [1.29, 1.82) is 0 Å². The highest BCUT2D eigenvalue weighted by molar-refractivity contribution is 5.95. The zero-order valence-corrected chi connectivity index (χ0v) is 15.3. The van der Waals surface area contributed by atoms with Crippen LogP contribution in [0.5, 0.6) is 11.5 Å². The van der Waals surface area contributed by atoms with E-state index in [1.165, 1.54) is 12.8 Å². The van der Waals surface area contributed by atoms with Crippen LogP contribution >= 0.6 is 0 Å². The molecule has 0 aromatic heterocycles. The summed E-state index contributed by atoms with van der Waals surface area (Å²) in [7, 11) is 3.21. The van der Waals surface area contributed by atoms with Gasteiger partial charge >= 0.3 is 0 Å². The van der Waals surface area contributed by atoms with Crippen LogP contribution in [0.3, 0.4) is 0 Å². The Labute approximate surface area is 150 Å². The van der Waals surface area contributed by atoms with Crippen molar-refractivity contribution in [3.63, 3.8) is 0 Å². The zero-order valence-electron chi connectivity index (χ0n) is 15.3. The molecule has 1 amide bonds. The lowest BCUT2D eigenvalue weighted by atomic mass is 10.1. The van der Waals surface area contributed by atoms with Gasteiger partial charge in [-0.05, 0) is 51.0 Å². The molecular formula is C19H29N3O3. The van der Waals surface area contributed by atoms with E-state index >= 15 is 0 Å². The Morgan fingerprint density at radius 3 is 2.44 bits per heavy atom. The number of ether oxygens (including phenoxy) is 2. The van der Waals surface area contributed by atoms with Crippen molar-refractivity contribution in [3.05, 3.63) is 23.8 Å². The minimum absolute atomic E-state index is 0.0603. The Morgan fingerprint density at radius 1 is 1.20 bits per heavy atom. The molecule has 1 N–H and O–H groups in total. The van der Waals surface area contributed by atoms with E-state index in [-0.39, 0.29) is 11.9 Å². The predicted molar refractivity (Wildman–Crippen MR) is 97.5 cm³/mol. The summed E-state index contributed by atoms with van der Waals surface area (Å²) in [5.41, 5.74) is 0.629. The summed E-state index contributed by atoms with van der Waals surface area (Å²) in [5.74, 6) is 1.35. The Morgan fingerprint density at radius 2 is 1.88 bits per heavy atom. The van der Waals surface area contributed by atoms with Crippen LogP contribution in [0.25, 0.3) is 0 Å². The van der Waals surface area contributed by atoms with Crippen molar-refractivity contribution in [2.45, 2.75) is 25.3 Å². The van der Waals surface area contributed by atoms with Crippen LogP contribution < -0.4 is 14.8 Å². The first-order valence-corrected chi connectivity index (χ1v) is 9.18. The molecule has 0 bridgehead atoms. The third-order valence-electron chi connectivity index (χ3n) is 5.19. The molecule has 0 spiro atoms. The fourth-order valence-corrected chi connectivity index (χ4v) is 3.71. The fraction of sp³-hybridized carbons (Fsp3) is 0.632. The molecule has 1 atom stereocenters. The second-order valence-corrected chi connectivity index (χ2v) is 6.80. The number of carbonyl (C=O) groups excluding carboxylic acids is 1. The summed E-state index contributed by atoms with van der Waals surface area (Å²) in [6.07, 6.45) is 3.55. The average molecular weight is 347 g/mol. The van der Waals surface area contributed by atoms with Crippen LogP contribution in [0.4, 0.5) is 0 Å². The molecule has 2 heterocycles. The highest BCUT2D eigenvalue weighted by Gasteiger charge is 2.28. The first-order valence-electron chi connectivity index (χ1n) is 9.18. The number of amides is 1.